The van der Waals surface area contributed by atoms with E-state index in [1.807, 2.05) is 6.92 Å². The van der Waals surface area contributed by atoms with Gasteiger partial charge in [0.1, 0.15) is 0 Å². The minimum Gasteiger partial charge on any atom is -0.462 e. The van der Waals surface area contributed by atoms with E-state index in [9.17, 15) is 14.4 Å². The first-order chi connectivity index (χ1) is 13.6. The second-order valence-corrected chi connectivity index (χ2v) is 7.54. The third kappa shape index (κ3) is 5.32. The number of fused-ring (bicyclic) bond motifs is 1. The standard InChI is InChI=1S/C21H29N3O4/c1-2-3-12-28-21(27)14-8-10-15(11-9-14)22-19(25)13-18-20(26)24-17-7-5-4-6-16(17)23-18/h8-11,16-18,23H,2-7,12-13H2,1H3,(H,22,25)(H,24,26)/t16-,17-,18+/m1/s1. The first-order valence-electron chi connectivity index (χ1n) is 10.2. The average Bonchev–Trinajstić information content (AvgIpc) is 2.69. The summed E-state index contributed by atoms with van der Waals surface area (Å²) in [7, 11) is 0. The van der Waals surface area contributed by atoms with E-state index in [1.54, 1.807) is 24.3 Å². The molecule has 0 aromatic heterocycles. The summed E-state index contributed by atoms with van der Waals surface area (Å²) < 4.78 is 5.17. The number of ether oxygens (including phenoxy) is 1. The smallest absolute Gasteiger partial charge is 0.338 e. The molecule has 1 saturated carbocycles. The molecule has 7 nitrogen and oxygen atoms in total. The zero-order valence-corrected chi connectivity index (χ0v) is 16.3. The minimum atomic E-state index is -0.507. The lowest BCUT2D eigenvalue weighted by Crippen LogP contribution is -2.65. The number of benzene rings is 1. The summed E-state index contributed by atoms with van der Waals surface area (Å²) in [6.07, 6.45) is 6.19. The lowest BCUT2D eigenvalue weighted by molar-refractivity contribution is -0.129. The number of nitrogens with one attached hydrogen (secondary N) is 3. The van der Waals surface area contributed by atoms with E-state index in [2.05, 4.69) is 16.0 Å². The molecule has 0 spiro atoms. The molecule has 0 bridgehead atoms. The zero-order valence-electron chi connectivity index (χ0n) is 16.3. The number of amides is 2. The third-order valence-corrected chi connectivity index (χ3v) is 5.35. The van der Waals surface area contributed by atoms with Crippen LogP contribution in [0, 0.1) is 0 Å². The Bertz CT molecular complexity index is 704. The van der Waals surface area contributed by atoms with Crippen molar-refractivity contribution in [3.05, 3.63) is 29.8 Å². The van der Waals surface area contributed by atoms with Crippen molar-refractivity contribution in [2.45, 2.75) is 70.0 Å². The van der Waals surface area contributed by atoms with Gasteiger partial charge in [0.05, 0.1) is 24.6 Å². The van der Waals surface area contributed by atoms with Gasteiger partial charge in [-0.2, -0.15) is 0 Å². The molecular weight excluding hydrogens is 358 g/mol. The molecule has 152 valence electrons. The summed E-state index contributed by atoms with van der Waals surface area (Å²) in [5, 5.41) is 9.17. The van der Waals surface area contributed by atoms with E-state index < -0.39 is 6.04 Å². The molecule has 3 N–H and O–H groups in total. The predicted octanol–water partition coefficient (Wildman–Crippen LogP) is 2.37. The second-order valence-electron chi connectivity index (χ2n) is 7.54. The molecule has 1 aliphatic carbocycles. The fourth-order valence-electron chi connectivity index (χ4n) is 3.75. The summed E-state index contributed by atoms with van der Waals surface area (Å²) in [5.41, 5.74) is 1.03. The van der Waals surface area contributed by atoms with E-state index in [0.29, 0.717) is 17.9 Å². The maximum absolute atomic E-state index is 12.4. The van der Waals surface area contributed by atoms with Gasteiger partial charge in [0, 0.05) is 17.8 Å². The molecular formula is C21H29N3O4. The van der Waals surface area contributed by atoms with Crippen LogP contribution in [-0.2, 0) is 14.3 Å². The van der Waals surface area contributed by atoms with Crippen LogP contribution >= 0.6 is 0 Å². The number of hydrogen-bond donors (Lipinski definition) is 3. The predicted molar refractivity (Wildman–Crippen MR) is 106 cm³/mol. The lowest BCUT2D eigenvalue weighted by Gasteiger charge is -2.40. The monoisotopic (exact) mass is 387 g/mol. The van der Waals surface area contributed by atoms with Crippen LogP contribution in [0.25, 0.3) is 0 Å². The van der Waals surface area contributed by atoms with Crippen molar-refractivity contribution in [2.75, 3.05) is 11.9 Å². The van der Waals surface area contributed by atoms with Gasteiger partial charge in [0.2, 0.25) is 11.8 Å². The van der Waals surface area contributed by atoms with Gasteiger partial charge in [-0.05, 0) is 43.5 Å². The van der Waals surface area contributed by atoms with Gasteiger partial charge in [-0.25, -0.2) is 4.79 Å². The Morgan fingerprint density at radius 2 is 1.86 bits per heavy atom. The van der Waals surface area contributed by atoms with Crippen LogP contribution in [0.2, 0.25) is 0 Å². The number of rotatable bonds is 7. The van der Waals surface area contributed by atoms with E-state index in [1.165, 1.54) is 0 Å². The first-order valence-corrected chi connectivity index (χ1v) is 10.2. The maximum Gasteiger partial charge on any atom is 0.338 e. The Morgan fingerprint density at radius 1 is 1.14 bits per heavy atom. The molecule has 3 rings (SSSR count). The Labute approximate surface area is 165 Å². The highest BCUT2D eigenvalue weighted by Crippen LogP contribution is 2.22. The summed E-state index contributed by atoms with van der Waals surface area (Å²) >= 11 is 0. The first kappa shape index (κ1) is 20.3. The Morgan fingerprint density at radius 3 is 2.57 bits per heavy atom. The van der Waals surface area contributed by atoms with E-state index in [4.69, 9.17) is 4.74 Å². The van der Waals surface area contributed by atoms with Crippen LogP contribution < -0.4 is 16.0 Å². The fourth-order valence-corrected chi connectivity index (χ4v) is 3.75. The van der Waals surface area contributed by atoms with Crippen molar-refractivity contribution in [3.8, 4) is 0 Å². The molecule has 1 aromatic carbocycles. The number of hydrogen-bond acceptors (Lipinski definition) is 5. The molecule has 0 radical (unpaired) electrons. The second kappa shape index (κ2) is 9.68. The number of unbranched alkanes of at least 4 members (excludes halogenated alkanes) is 1. The molecule has 7 heteroatoms. The molecule has 2 fully saturated rings. The van der Waals surface area contributed by atoms with Crippen molar-refractivity contribution < 1.29 is 19.1 Å². The van der Waals surface area contributed by atoms with E-state index >= 15 is 0 Å². The van der Waals surface area contributed by atoms with Gasteiger partial charge >= 0.3 is 5.97 Å². The van der Waals surface area contributed by atoms with Crippen LogP contribution in [0.3, 0.4) is 0 Å². The average molecular weight is 387 g/mol. The summed E-state index contributed by atoms with van der Waals surface area (Å²) in [4.78, 5) is 36.5. The maximum atomic E-state index is 12.4. The molecule has 1 aromatic rings. The number of piperazine rings is 1. The third-order valence-electron chi connectivity index (χ3n) is 5.35. The normalized spacial score (nSPS) is 24.0. The lowest BCUT2D eigenvalue weighted by atomic mass is 9.87. The summed E-state index contributed by atoms with van der Waals surface area (Å²) in [6.45, 7) is 2.44. The van der Waals surface area contributed by atoms with E-state index in [0.717, 1.165) is 38.5 Å². The minimum absolute atomic E-state index is 0.0792. The fraction of sp³-hybridized carbons (Fsp3) is 0.571. The van der Waals surface area contributed by atoms with Gasteiger partial charge in [-0.3, -0.25) is 9.59 Å². The molecule has 28 heavy (non-hydrogen) atoms. The number of anilines is 1. The van der Waals surface area contributed by atoms with Crippen molar-refractivity contribution in [2.24, 2.45) is 0 Å². The molecule has 0 unspecified atom stereocenters. The van der Waals surface area contributed by atoms with Crippen LogP contribution in [0.1, 0.15) is 62.2 Å². The van der Waals surface area contributed by atoms with Gasteiger partial charge in [-0.15, -0.1) is 0 Å². The van der Waals surface area contributed by atoms with Crippen LogP contribution in [0.15, 0.2) is 24.3 Å². The topological polar surface area (TPSA) is 96.5 Å². The quantitative estimate of drug-likeness (QED) is 0.493. The van der Waals surface area contributed by atoms with Crippen molar-refractivity contribution in [3.63, 3.8) is 0 Å². The highest BCUT2D eigenvalue weighted by molar-refractivity contribution is 5.96. The van der Waals surface area contributed by atoms with Gasteiger partial charge < -0.3 is 20.7 Å². The molecule has 1 heterocycles. The Kier molecular flexibility index (Phi) is 7.03. The van der Waals surface area contributed by atoms with Crippen molar-refractivity contribution in [1.82, 2.24) is 10.6 Å². The number of carbonyl (C=O) groups excluding carboxylic acids is 3. The van der Waals surface area contributed by atoms with Gasteiger partial charge in [-0.1, -0.05) is 26.2 Å². The Balaban J connectivity index is 1.49. The van der Waals surface area contributed by atoms with Gasteiger partial charge in [0.25, 0.3) is 0 Å². The molecule has 1 aliphatic heterocycles. The SMILES string of the molecule is CCCCOC(=O)c1ccc(NC(=O)C[C@@H]2N[C@@H]3CCCC[C@H]3NC2=O)cc1. The van der Waals surface area contributed by atoms with Crippen LogP contribution in [-0.4, -0.2) is 42.5 Å². The highest BCUT2D eigenvalue weighted by atomic mass is 16.5. The molecule has 1 saturated heterocycles. The Hall–Kier alpha value is -2.41. The van der Waals surface area contributed by atoms with E-state index in [-0.39, 0.29) is 36.3 Å². The number of carbonyl (C=O) groups is 3. The van der Waals surface area contributed by atoms with Crippen molar-refractivity contribution in [1.29, 1.82) is 0 Å². The summed E-state index contributed by atoms with van der Waals surface area (Å²) in [6, 6.07) is 6.52. The molecule has 3 atom stereocenters. The van der Waals surface area contributed by atoms with Crippen LogP contribution in [0.4, 0.5) is 5.69 Å². The number of esters is 1. The van der Waals surface area contributed by atoms with Crippen molar-refractivity contribution >= 4 is 23.5 Å². The van der Waals surface area contributed by atoms with Gasteiger partial charge in [0.15, 0.2) is 0 Å². The van der Waals surface area contributed by atoms with Crippen LogP contribution in [0.5, 0.6) is 0 Å². The zero-order chi connectivity index (χ0) is 19.9. The molecule has 2 amide bonds. The largest absolute Gasteiger partial charge is 0.462 e. The highest BCUT2D eigenvalue weighted by Gasteiger charge is 2.36. The molecule has 2 aliphatic rings. The summed E-state index contributed by atoms with van der Waals surface area (Å²) in [5.74, 6) is -0.708.